The van der Waals surface area contributed by atoms with Crippen LogP contribution >= 0.6 is 0 Å². The van der Waals surface area contributed by atoms with Gasteiger partial charge < -0.3 is 10.1 Å². The van der Waals surface area contributed by atoms with Gasteiger partial charge in [0.1, 0.15) is 0 Å². The molecule has 3 heterocycles. The highest BCUT2D eigenvalue weighted by molar-refractivity contribution is 5.93. The zero-order valence-corrected chi connectivity index (χ0v) is 14.5. The Morgan fingerprint density at radius 2 is 2.16 bits per heavy atom. The SMILES string of the molecule is C[C@H]1CN2C[C@@H](NC(=O)c3cnn(Cc4ccccc4)c3)C[C@H]2CO1. The quantitative estimate of drug-likeness (QED) is 0.917. The molecule has 0 bridgehead atoms. The predicted molar refractivity (Wildman–Crippen MR) is 94.4 cm³/mol. The van der Waals surface area contributed by atoms with Gasteiger partial charge in [-0.05, 0) is 18.9 Å². The molecule has 0 radical (unpaired) electrons. The first-order valence-corrected chi connectivity index (χ1v) is 8.90. The highest BCUT2D eigenvalue weighted by atomic mass is 16.5. The van der Waals surface area contributed by atoms with Gasteiger partial charge >= 0.3 is 0 Å². The van der Waals surface area contributed by atoms with Gasteiger partial charge in [-0.25, -0.2) is 0 Å². The van der Waals surface area contributed by atoms with Crippen LogP contribution in [0.5, 0.6) is 0 Å². The highest BCUT2D eigenvalue weighted by Gasteiger charge is 2.36. The Balaban J connectivity index is 1.34. The van der Waals surface area contributed by atoms with Crippen LogP contribution in [0.2, 0.25) is 0 Å². The molecule has 1 amide bonds. The lowest BCUT2D eigenvalue weighted by molar-refractivity contribution is -0.0390. The van der Waals surface area contributed by atoms with Crippen LogP contribution in [0, 0.1) is 0 Å². The van der Waals surface area contributed by atoms with Crippen molar-refractivity contribution in [2.75, 3.05) is 19.7 Å². The molecule has 2 aliphatic heterocycles. The third kappa shape index (κ3) is 3.75. The fourth-order valence-electron chi connectivity index (χ4n) is 3.75. The average Bonchev–Trinajstić information content (AvgIpc) is 3.22. The first-order valence-electron chi connectivity index (χ1n) is 8.90. The highest BCUT2D eigenvalue weighted by Crippen LogP contribution is 2.23. The summed E-state index contributed by atoms with van der Waals surface area (Å²) >= 11 is 0. The molecule has 25 heavy (non-hydrogen) atoms. The number of aromatic nitrogens is 2. The summed E-state index contributed by atoms with van der Waals surface area (Å²) in [7, 11) is 0. The van der Waals surface area contributed by atoms with Crippen LogP contribution in [0.15, 0.2) is 42.7 Å². The predicted octanol–water partition coefficient (Wildman–Crippen LogP) is 1.52. The van der Waals surface area contributed by atoms with Crippen LogP contribution in [0.1, 0.15) is 29.3 Å². The second kappa shape index (κ2) is 6.98. The minimum Gasteiger partial charge on any atom is -0.376 e. The lowest BCUT2D eigenvalue weighted by Gasteiger charge is -2.33. The van der Waals surface area contributed by atoms with E-state index in [0.29, 0.717) is 18.2 Å². The van der Waals surface area contributed by atoms with Gasteiger partial charge in [-0.3, -0.25) is 14.4 Å². The lowest BCUT2D eigenvalue weighted by atomic mass is 10.1. The van der Waals surface area contributed by atoms with E-state index in [9.17, 15) is 4.79 Å². The first-order chi connectivity index (χ1) is 12.2. The summed E-state index contributed by atoms with van der Waals surface area (Å²) in [4.78, 5) is 15.0. The Kier molecular flexibility index (Phi) is 4.55. The molecule has 0 unspecified atom stereocenters. The number of hydrogen-bond acceptors (Lipinski definition) is 4. The van der Waals surface area contributed by atoms with E-state index in [1.165, 1.54) is 5.56 Å². The molecule has 2 aromatic rings. The lowest BCUT2D eigenvalue weighted by Crippen LogP contribution is -2.45. The Hall–Kier alpha value is -2.18. The number of morpholine rings is 1. The van der Waals surface area contributed by atoms with Crippen molar-refractivity contribution in [3.8, 4) is 0 Å². The van der Waals surface area contributed by atoms with Gasteiger partial charge in [0.25, 0.3) is 5.91 Å². The molecule has 1 aromatic heterocycles. The first kappa shape index (κ1) is 16.3. The summed E-state index contributed by atoms with van der Waals surface area (Å²) in [6.45, 7) is 5.39. The Morgan fingerprint density at radius 1 is 1.32 bits per heavy atom. The fraction of sp³-hybridized carbons (Fsp3) is 0.474. The number of carbonyl (C=O) groups excluding carboxylic acids is 1. The molecule has 6 nitrogen and oxygen atoms in total. The molecular weight excluding hydrogens is 316 g/mol. The largest absolute Gasteiger partial charge is 0.376 e. The van der Waals surface area contributed by atoms with Gasteiger partial charge in [0.05, 0.1) is 31.0 Å². The number of carbonyl (C=O) groups is 1. The third-order valence-corrected chi connectivity index (χ3v) is 5.01. The van der Waals surface area contributed by atoms with Crippen LogP contribution < -0.4 is 5.32 Å². The third-order valence-electron chi connectivity index (χ3n) is 5.01. The average molecular weight is 340 g/mol. The van der Waals surface area contributed by atoms with E-state index >= 15 is 0 Å². The van der Waals surface area contributed by atoms with Crippen molar-refractivity contribution in [3.05, 3.63) is 53.9 Å². The number of nitrogens with one attached hydrogen (secondary N) is 1. The summed E-state index contributed by atoms with van der Waals surface area (Å²) in [5.74, 6) is -0.0434. The molecule has 0 spiro atoms. The van der Waals surface area contributed by atoms with Gasteiger partial charge in [-0.1, -0.05) is 30.3 Å². The van der Waals surface area contributed by atoms with Crippen LogP contribution in [0.25, 0.3) is 0 Å². The number of benzene rings is 1. The van der Waals surface area contributed by atoms with Crippen molar-refractivity contribution in [1.82, 2.24) is 20.0 Å². The topological polar surface area (TPSA) is 59.4 Å². The number of fused-ring (bicyclic) bond motifs is 1. The second-order valence-corrected chi connectivity index (χ2v) is 7.07. The van der Waals surface area contributed by atoms with Gasteiger partial charge in [-0.2, -0.15) is 5.10 Å². The summed E-state index contributed by atoms with van der Waals surface area (Å²) in [5.41, 5.74) is 1.78. The van der Waals surface area contributed by atoms with E-state index in [1.54, 1.807) is 10.9 Å². The van der Waals surface area contributed by atoms with Crippen molar-refractivity contribution < 1.29 is 9.53 Å². The zero-order valence-electron chi connectivity index (χ0n) is 14.5. The molecule has 2 aliphatic rings. The molecule has 1 N–H and O–H groups in total. The maximum Gasteiger partial charge on any atom is 0.254 e. The van der Waals surface area contributed by atoms with E-state index in [2.05, 4.69) is 34.4 Å². The standard InChI is InChI=1S/C19H24N4O2/c1-14-9-22-12-17(7-18(22)13-25-14)21-19(24)16-8-20-23(11-16)10-15-5-3-2-4-6-15/h2-6,8,11,14,17-18H,7,9-10,12-13H2,1H3,(H,21,24)/t14-,17-,18-/m0/s1. The van der Waals surface area contributed by atoms with Crippen LogP contribution in [0.3, 0.4) is 0 Å². The molecule has 6 heteroatoms. The molecule has 2 saturated heterocycles. The van der Waals surface area contributed by atoms with Crippen molar-refractivity contribution in [2.45, 2.75) is 38.1 Å². The molecule has 3 atom stereocenters. The Labute approximate surface area is 147 Å². The van der Waals surface area contributed by atoms with E-state index in [-0.39, 0.29) is 18.1 Å². The van der Waals surface area contributed by atoms with E-state index < -0.39 is 0 Å². The van der Waals surface area contributed by atoms with Crippen LogP contribution in [0.4, 0.5) is 0 Å². The van der Waals surface area contributed by atoms with Gasteiger partial charge in [-0.15, -0.1) is 0 Å². The Bertz CT molecular complexity index is 730. The summed E-state index contributed by atoms with van der Waals surface area (Å²) < 4.78 is 7.53. The summed E-state index contributed by atoms with van der Waals surface area (Å²) in [6.07, 6.45) is 4.69. The van der Waals surface area contributed by atoms with Gasteiger partial charge in [0.2, 0.25) is 0 Å². The molecule has 4 rings (SSSR count). The number of ether oxygens (including phenoxy) is 1. The zero-order chi connectivity index (χ0) is 17.2. The molecule has 132 valence electrons. The monoisotopic (exact) mass is 340 g/mol. The minimum absolute atomic E-state index is 0.0434. The van der Waals surface area contributed by atoms with Crippen LogP contribution in [-0.2, 0) is 11.3 Å². The summed E-state index contributed by atoms with van der Waals surface area (Å²) in [5, 5.41) is 7.47. The van der Waals surface area contributed by atoms with Crippen molar-refractivity contribution in [2.24, 2.45) is 0 Å². The van der Waals surface area contributed by atoms with Crippen molar-refractivity contribution in [3.63, 3.8) is 0 Å². The van der Waals surface area contributed by atoms with Gasteiger partial charge in [0.15, 0.2) is 0 Å². The molecular formula is C19H24N4O2. The van der Waals surface area contributed by atoms with Crippen molar-refractivity contribution >= 4 is 5.91 Å². The second-order valence-electron chi connectivity index (χ2n) is 7.07. The number of nitrogens with zero attached hydrogens (tertiary/aromatic N) is 3. The maximum atomic E-state index is 12.5. The van der Waals surface area contributed by atoms with E-state index in [0.717, 1.165) is 26.1 Å². The van der Waals surface area contributed by atoms with Crippen LogP contribution in [-0.4, -0.2) is 58.5 Å². The number of rotatable bonds is 4. The van der Waals surface area contributed by atoms with Gasteiger partial charge in [0, 0.05) is 31.4 Å². The van der Waals surface area contributed by atoms with E-state index in [1.807, 2.05) is 24.4 Å². The molecule has 2 fully saturated rings. The molecule has 0 aliphatic carbocycles. The minimum atomic E-state index is -0.0434. The molecule has 0 saturated carbocycles. The Morgan fingerprint density at radius 3 is 3.00 bits per heavy atom. The van der Waals surface area contributed by atoms with E-state index in [4.69, 9.17) is 4.74 Å². The molecule has 1 aromatic carbocycles. The normalized spacial score (nSPS) is 26.4. The summed E-state index contributed by atoms with van der Waals surface area (Å²) in [6, 6.07) is 10.7. The maximum absolute atomic E-state index is 12.5. The number of amides is 1. The smallest absolute Gasteiger partial charge is 0.254 e. The number of hydrogen-bond donors (Lipinski definition) is 1. The van der Waals surface area contributed by atoms with Crippen molar-refractivity contribution in [1.29, 1.82) is 0 Å². The fourth-order valence-corrected chi connectivity index (χ4v) is 3.75.